The summed E-state index contributed by atoms with van der Waals surface area (Å²) in [7, 11) is 3.44. The molecule has 21 heavy (non-hydrogen) atoms. The van der Waals surface area contributed by atoms with Crippen LogP contribution in [0.5, 0.6) is 0 Å². The Hall–Kier alpha value is -1.50. The van der Waals surface area contributed by atoms with Crippen LogP contribution in [0.2, 0.25) is 0 Å². The molecule has 0 bridgehead atoms. The lowest BCUT2D eigenvalue weighted by Crippen LogP contribution is -2.47. The predicted octanol–water partition coefficient (Wildman–Crippen LogP) is 0.152. The molecule has 1 fully saturated rings. The van der Waals surface area contributed by atoms with Gasteiger partial charge in [0.2, 0.25) is 0 Å². The zero-order chi connectivity index (χ0) is 15.2. The van der Waals surface area contributed by atoms with E-state index in [1.54, 1.807) is 24.5 Å². The molecule has 1 aliphatic heterocycles. The number of carbonyl (C=O) groups excluding carboxylic acids is 1. The van der Waals surface area contributed by atoms with Crippen LogP contribution in [0.3, 0.4) is 0 Å². The minimum absolute atomic E-state index is 0.377. The van der Waals surface area contributed by atoms with Crippen LogP contribution in [0.25, 0.3) is 0 Å². The molecule has 1 aliphatic rings. The van der Waals surface area contributed by atoms with Crippen molar-refractivity contribution in [2.75, 3.05) is 46.9 Å². The lowest BCUT2D eigenvalue weighted by Gasteiger charge is -2.35. The number of piperazine rings is 1. The number of esters is 1. The van der Waals surface area contributed by atoms with Gasteiger partial charge in [-0.2, -0.15) is 0 Å². The number of hydrogen-bond donors (Lipinski definition) is 1. The second kappa shape index (κ2) is 7.49. The molecule has 0 saturated carbocycles. The first-order chi connectivity index (χ1) is 10.1. The van der Waals surface area contributed by atoms with E-state index in [1.807, 2.05) is 0 Å². The maximum Gasteiger partial charge on any atom is 0.312 e. The van der Waals surface area contributed by atoms with E-state index in [9.17, 15) is 9.90 Å². The summed E-state index contributed by atoms with van der Waals surface area (Å²) >= 11 is 0. The third kappa shape index (κ3) is 4.23. The van der Waals surface area contributed by atoms with Crippen molar-refractivity contribution < 1.29 is 14.6 Å². The number of rotatable bonds is 5. The Morgan fingerprint density at radius 2 is 1.95 bits per heavy atom. The van der Waals surface area contributed by atoms with Gasteiger partial charge in [-0.1, -0.05) is 0 Å². The average Bonchev–Trinajstić information content (AvgIpc) is 2.54. The van der Waals surface area contributed by atoms with Crippen LogP contribution < -0.4 is 0 Å². The Morgan fingerprint density at radius 3 is 2.52 bits per heavy atom. The highest BCUT2D eigenvalue weighted by Gasteiger charge is 2.31. The number of ether oxygens (including phenoxy) is 1. The number of hydrogen-bond acceptors (Lipinski definition) is 6. The van der Waals surface area contributed by atoms with E-state index in [2.05, 4.69) is 21.8 Å². The Balaban J connectivity index is 2.06. The first kappa shape index (κ1) is 15.9. The largest absolute Gasteiger partial charge is 0.469 e. The summed E-state index contributed by atoms with van der Waals surface area (Å²) in [6, 6.07) is 3.45. The monoisotopic (exact) mass is 293 g/mol. The van der Waals surface area contributed by atoms with Gasteiger partial charge in [-0.05, 0) is 24.7 Å². The van der Waals surface area contributed by atoms with Crippen molar-refractivity contribution in [3.05, 3.63) is 30.1 Å². The van der Waals surface area contributed by atoms with Gasteiger partial charge in [-0.3, -0.25) is 14.7 Å². The molecule has 0 aromatic carbocycles. The van der Waals surface area contributed by atoms with Crippen molar-refractivity contribution >= 4 is 5.97 Å². The smallest absolute Gasteiger partial charge is 0.312 e. The SMILES string of the molecule is COC(=O)[C@@H](CN1CCN(C)CC1)[C@H](O)c1ccncc1. The molecule has 0 amide bonds. The highest BCUT2D eigenvalue weighted by molar-refractivity contribution is 5.73. The summed E-state index contributed by atoms with van der Waals surface area (Å²) in [5.74, 6) is -0.959. The second-order valence-corrected chi connectivity index (χ2v) is 5.46. The normalized spacial score (nSPS) is 20.0. The summed E-state index contributed by atoms with van der Waals surface area (Å²) in [4.78, 5) is 20.4. The minimum Gasteiger partial charge on any atom is -0.469 e. The Bertz CT molecular complexity index is 447. The van der Waals surface area contributed by atoms with E-state index < -0.39 is 12.0 Å². The predicted molar refractivity (Wildman–Crippen MR) is 78.6 cm³/mol. The fourth-order valence-electron chi connectivity index (χ4n) is 2.56. The lowest BCUT2D eigenvalue weighted by molar-refractivity contribution is -0.150. The van der Waals surface area contributed by atoms with E-state index in [0.29, 0.717) is 12.1 Å². The maximum atomic E-state index is 12.0. The van der Waals surface area contributed by atoms with E-state index in [0.717, 1.165) is 26.2 Å². The van der Waals surface area contributed by atoms with Gasteiger partial charge in [0, 0.05) is 45.1 Å². The van der Waals surface area contributed by atoms with Crippen LogP contribution in [0.15, 0.2) is 24.5 Å². The molecule has 0 unspecified atom stereocenters. The van der Waals surface area contributed by atoms with Crippen LogP contribution in [-0.2, 0) is 9.53 Å². The summed E-state index contributed by atoms with van der Waals surface area (Å²) in [6.45, 7) is 4.24. The first-order valence-electron chi connectivity index (χ1n) is 7.18. The van der Waals surface area contributed by atoms with Gasteiger partial charge in [0.15, 0.2) is 0 Å². The number of aliphatic hydroxyl groups is 1. The van der Waals surface area contributed by atoms with Gasteiger partial charge in [-0.15, -0.1) is 0 Å². The Labute approximate surface area is 125 Å². The fourth-order valence-corrected chi connectivity index (χ4v) is 2.56. The molecule has 0 spiro atoms. The summed E-state index contributed by atoms with van der Waals surface area (Å²) < 4.78 is 4.87. The molecule has 2 rings (SSSR count). The number of pyridine rings is 1. The van der Waals surface area contributed by atoms with E-state index in [4.69, 9.17) is 4.74 Å². The van der Waals surface area contributed by atoms with Crippen molar-refractivity contribution in [1.29, 1.82) is 0 Å². The Morgan fingerprint density at radius 1 is 1.33 bits per heavy atom. The molecular formula is C15H23N3O3. The van der Waals surface area contributed by atoms with E-state index in [-0.39, 0.29) is 5.97 Å². The zero-order valence-corrected chi connectivity index (χ0v) is 12.6. The molecule has 6 nitrogen and oxygen atoms in total. The lowest BCUT2D eigenvalue weighted by atomic mass is 9.95. The van der Waals surface area contributed by atoms with Gasteiger partial charge in [-0.25, -0.2) is 0 Å². The molecule has 1 aromatic rings. The first-order valence-corrected chi connectivity index (χ1v) is 7.18. The standard InChI is InChI=1S/C15H23N3O3/c1-17-7-9-18(10-8-17)11-13(15(20)21-2)14(19)12-3-5-16-6-4-12/h3-6,13-14,19H,7-11H2,1-2H3/t13-,14+/m0/s1. The van der Waals surface area contributed by atoms with Crippen molar-refractivity contribution in [3.63, 3.8) is 0 Å². The van der Waals surface area contributed by atoms with Gasteiger partial charge in [0.1, 0.15) is 0 Å². The molecule has 6 heteroatoms. The van der Waals surface area contributed by atoms with Gasteiger partial charge < -0.3 is 14.7 Å². The number of aromatic nitrogens is 1. The molecule has 1 saturated heterocycles. The van der Waals surface area contributed by atoms with Crippen molar-refractivity contribution in [1.82, 2.24) is 14.8 Å². The Kier molecular flexibility index (Phi) is 5.67. The van der Waals surface area contributed by atoms with Crippen molar-refractivity contribution in [2.45, 2.75) is 6.10 Å². The third-order valence-electron chi connectivity index (χ3n) is 3.98. The van der Waals surface area contributed by atoms with Crippen LogP contribution in [0.4, 0.5) is 0 Å². The van der Waals surface area contributed by atoms with E-state index >= 15 is 0 Å². The van der Waals surface area contributed by atoms with Crippen LogP contribution in [0, 0.1) is 5.92 Å². The van der Waals surface area contributed by atoms with Crippen molar-refractivity contribution in [2.24, 2.45) is 5.92 Å². The molecule has 0 radical (unpaired) electrons. The van der Waals surface area contributed by atoms with Crippen molar-refractivity contribution in [3.8, 4) is 0 Å². The number of likely N-dealkylation sites (N-methyl/N-ethyl adjacent to an activating group) is 1. The van der Waals surface area contributed by atoms with E-state index in [1.165, 1.54) is 7.11 Å². The quantitative estimate of drug-likeness (QED) is 0.780. The van der Waals surface area contributed by atoms with Gasteiger partial charge in [0.25, 0.3) is 0 Å². The maximum absolute atomic E-state index is 12.0. The molecular weight excluding hydrogens is 270 g/mol. The van der Waals surface area contributed by atoms with Gasteiger partial charge in [0.05, 0.1) is 19.1 Å². The average molecular weight is 293 g/mol. The number of carbonyl (C=O) groups is 1. The second-order valence-electron chi connectivity index (χ2n) is 5.46. The summed E-state index contributed by atoms with van der Waals surface area (Å²) in [5, 5.41) is 10.5. The highest BCUT2D eigenvalue weighted by atomic mass is 16.5. The number of methoxy groups -OCH3 is 1. The fraction of sp³-hybridized carbons (Fsp3) is 0.600. The molecule has 2 heterocycles. The van der Waals surface area contributed by atoms with Crippen LogP contribution in [-0.4, -0.2) is 72.7 Å². The molecule has 1 N–H and O–H groups in total. The highest BCUT2D eigenvalue weighted by Crippen LogP contribution is 2.24. The third-order valence-corrected chi connectivity index (χ3v) is 3.98. The summed E-state index contributed by atoms with van der Waals surface area (Å²) in [6.07, 6.45) is 2.35. The molecule has 0 aliphatic carbocycles. The van der Waals surface area contributed by atoms with Crippen LogP contribution >= 0.6 is 0 Å². The van der Waals surface area contributed by atoms with Gasteiger partial charge >= 0.3 is 5.97 Å². The minimum atomic E-state index is -0.875. The number of nitrogens with zero attached hydrogens (tertiary/aromatic N) is 3. The van der Waals surface area contributed by atoms with Crippen LogP contribution in [0.1, 0.15) is 11.7 Å². The molecule has 2 atom stereocenters. The zero-order valence-electron chi connectivity index (χ0n) is 12.6. The number of aliphatic hydroxyl groups excluding tert-OH is 1. The summed E-state index contributed by atoms with van der Waals surface area (Å²) in [5.41, 5.74) is 0.689. The molecule has 1 aromatic heterocycles. The molecule has 116 valence electrons. The topological polar surface area (TPSA) is 65.9 Å².